The maximum Gasteiger partial charge on any atom is 0.308 e. The molecule has 2 saturated carbocycles. The molecule has 0 aromatic heterocycles. The van der Waals surface area contributed by atoms with E-state index in [0.717, 1.165) is 19.3 Å². The molecule has 0 aromatic carbocycles. The molecule has 4 atom stereocenters. The van der Waals surface area contributed by atoms with E-state index in [-0.39, 0.29) is 17.9 Å². The third-order valence-corrected chi connectivity index (χ3v) is 4.69. The Labute approximate surface area is 107 Å². The van der Waals surface area contributed by atoms with Crippen LogP contribution in [0.15, 0.2) is 0 Å². The summed E-state index contributed by atoms with van der Waals surface area (Å²) in [5, 5.41) is 15.2. The van der Waals surface area contributed by atoms with Gasteiger partial charge in [-0.25, -0.2) is 0 Å². The number of fused-ring (bicyclic) bond motifs is 2. The summed E-state index contributed by atoms with van der Waals surface area (Å²) in [6.45, 7) is 3.59. The minimum atomic E-state index is -0.769. The van der Waals surface area contributed by atoms with Gasteiger partial charge in [-0.1, -0.05) is 0 Å². The van der Waals surface area contributed by atoms with Gasteiger partial charge in [-0.05, 0) is 52.0 Å². The van der Waals surface area contributed by atoms with E-state index in [1.807, 2.05) is 0 Å². The molecular formula is C13H22N2O3. The monoisotopic (exact) mass is 254 g/mol. The highest BCUT2D eigenvalue weighted by Crippen LogP contribution is 2.48. The van der Waals surface area contributed by atoms with Gasteiger partial charge in [0.15, 0.2) is 0 Å². The van der Waals surface area contributed by atoms with Crippen molar-refractivity contribution >= 4 is 11.9 Å². The maximum absolute atomic E-state index is 12.1. The fourth-order valence-corrected chi connectivity index (χ4v) is 3.30. The van der Waals surface area contributed by atoms with Gasteiger partial charge in [-0.3, -0.25) is 9.59 Å². The van der Waals surface area contributed by atoms with E-state index in [4.69, 9.17) is 0 Å². The molecule has 2 aliphatic rings. The van der Waals surface area contributed by atoms with E-state index in [0.29, 0.717) is 5.92 Å². The second-order valence-electron chi connectivity index (χ2n) is 6.07. The van der Waals surface area contributed by atoms with Crippen molar-refractivity contribution in [2.75, 3.05) is 7.05 Å². The van der Waals surface area contributed by atoms with E-state index >= 15 is 0 Å². The van der Waals surface area contributed by atoms with E-state index in [2.05, 4.69) is 10.6 Å². The van der Waals surface area contributed by atoms with Crippen LogP contribution in [0.3, 0.4) is 0 Å². The highest BCUT2D eigenvalue weighted by atomic mass is 16.4. The number of nitrogens with one attached hydrogen (secondary N) is 2. The Morgan fingerprint density at radius 1 is 1.22 bits per heavy atom. The van der Waals surface area contributed by atoms with Crippen LogP contribution in [0.1, 0.15) is 33.1 Å². The summed E-state index contributed by atoms with van der Waals surface area (Å²) in [7, 11) is 1.73. The molecule has 0 heterocycles. The third kappa shape index (κ3) is 2.11. The van der Waals surface area contributed by atoms with Crippen molar-refractivity contribution in [3.63, 3.8) is 0 Å². The molecule has 3 N–H and O–H groups in total. The largest absolute Gasteiger partial charge is 0.481 e. The molecule has 1 amide bonds. The Hall–Kier alpha value is -1.10. The van der Waals surface area contributed by atoms with Gasteiger partial charge in [0, 0.05) is 6.04 Å². The summed E-state index contributed by atoms with van der Waals surface area (Å²) in [6.07, 6.45) is 2.98. The summed E-state index contributed by atoms with van der Waals surface area (Å²) in [5.74, 6) is -0.702. The first-order valence-electron chi connectivity index (χ1n) is 6.59. The molecule has 18 heavy (non-hydrogen) atoms. The predicted molar refractivity (Wildman–Crippen MR) is 67.0 cm³/mol. The lowest BCUT2D eigenvalue weighted by Gasteiger charge is -2.32. The molecule has 2 bridgehead atoms. The Bertz CT molecular complexity index is 367. The number of carbonyl (C=O) groups is 2. The molecule has 5 heteroatoms. The zero-order chi connectivity index (χ0) is 13.5. The Morgan fingerprint density at radius 3 is 2.39 bits per heavy atom. The zero-order valence-electron chi connectivity index (χ0n) is 11.2. The van der Waals surface area contributed by atoms with Gasteiger partial charge in [0.25, 0.3) is 0 Å². The summed E-state index contributed by atoms with van der Waals surface area (Å²) >= 11 is 0. The molecule has 0 aliphatic heterocycles. The van der Waals surface area contributed by atoms with Gasteiger partial charge < -0.3 is 15.7 Å². The first kappa shape index (κ1) is 13.3. The number of carboxylic acid groups (broad SMARTS) is 1. The third-order valence-electron chi connectivity index (χ3n) is 4.69. The summed E-state index contributed by atoms with van der Waals surface area (Å²) < 4.78 is 0. The van der Waals surface area contributed by atoms with Crippen molar-refractivity contribution in [2.45, 2.75) is 44.7 Å². The van der Waals surface area contributed by atoms with E-state index in [1.165, 1.54) is 0 Å². The molecule has 0 radical (unpaired) electrons. The van der Waals surface area contributed by atoms with Gasteiger partial charge >= 0.3 is 5.97 Å². The number of amides is 1. The van der Waals surface area contributed by atoms with Crippen LogP contribution in [-0.4, -0.2) is 35.6 Å². The SMILES string of the molecule is CNC(C)(C)C(=O)NC1C2CCC(C2)C1C(=O)O. The van der Waals surface area contributed by atoms with Crippen LogP contribution in [-0.2, 0) is 9.59 Å². The Morgan fingerprint density at radius 2 is 1.83 bits per heavy atom. The summed E-state index contributed by atoms with van der Waals surface area (Å²) in [6, 6.07) is -0.193. The average Bonchev–Trinajstić information content (AvgIpc) is 2.88. The number of rotatable bonds is 4. The van der Waals surface area contributed by atoms with Crippen molar-refractivity contribution in [1.29, 1.82) is 0 Å². The minimum absolute atomic E-state index is 0.117. The molecular weight excluding hydrogens is 232 g/mol. The van der Waals surface area contributed by atoms with Crippen LogP contribution in [0, 0.1) is 17.8 Å². The van der Waals surface area contributed by atoms with Gasteiger partial charge in [-0.15, -0.1) is 0 Å². The van der Waals surface area contributed by atoms with Crippen LogP contribution in [0.4, 0.5) is 0 Å². The summed E-state index contributed by atoms with van der Waals surface area (Å²) in [4.78, 5) is 23.5. The smallest absolute Gasteiger partial charge is 0.308 e. The van der Waals surface area contributed by atoms with Crippen LogP contribution in [0.2, 0.25) is 0 Å². The zero-order valence-corrected chi connectivity index (χ0v) is 11.2. The minimum Gasteiger partial charge on any atom is -0.481 e. The van der Waals surface area contributed by atoms with Gasteiger partial charge in [0.05, 0.1) is 11.5 Å². The number of aliphatic carboxylic acids is 1. The fourth-order valence-electron chi connectivity index (χ4n) is 3.30. The fraction of sp³-hybridized carbons (Fsp3) is 0.846. The lowest BCUT2D eigenvalue weighted by molar-refractivity contribution is -0.145. The highest BCUT2D eigenvalue weighted by molar-refractivity contribution is 5.86. The van der Waals surface area contributed by atoms with E-state index in [1.54, 1.807) is 20.9 Å². The van der Waals surface area contributed by atoms with Gasteiger partial charge in [-0.2, -0.15) is 0 Å². The number of hydrogen-bond donors (Lipinski definition) is 3. The lowest BCUT2D eigenvalue weighted by atomic mass is 9.84. The summed E-state index contributed by atoms with van der Waals surface area (Å²) in [5.41, 5.74) is -0.662. The van der Waals surface area contributed by atoms with Crippen molar-refractivity contribution in [2.24, 2.45) is 17.8 Å². The van der Waals surface area contributed by atoms with Crippen molar-refractivity contribution < 1.29 is 14.7 Å². The number of carboxylic acids is 1. The standard InChI is InChI=1S/C13H22N2O3/c1-13(2,14-3)12(18)15-10-8-5-4-7(6-8)9(10)11(16)17/h7-10,14H,4-6H2,1-3H3,(H,15,18)(H,16,17). The van der Waals surface area contributed by atoms with Crippen molar-refractivity contribution in [3.8, 4) is 0 Å². The second kappa shape index (κ2) is 4.53. The normalized spacial score (nSPS) is 34.6. The molecule has 0 saturated heterocycles. The first-order valence-corrected chi connectivity index (χ1v) is 6.59. The predicted octanol–water partition coefficient (Wildman–Crippen LogP) is 0.600. The number of likely N-dealkylation sites (N-methyl/N-ethyl adjacent to an activating group) is 1. The molecule has 2 aliphatic carbocycles. The number of carbonyl (C=O) groups excluding carboxylic acids is 1. The Kier molecular flexibility index (Phi) is 3.36. The lowest BCUT2D eigenvalue weighted by Crippen LogP contribution is -2.57. The van der Waals surface area contributed by atoms with Gasteiger partial charge in [0.1, 0.15) is 0 Å². The molecule has 0 aromatic rings. The average molecular weight is 254 g/mol. The first-order chi connectivity index (χ1) is 8.36. The molecule has 5 nitrogen and oxygen atoms in total. The quantitative estimate of drug-likeness (QED) is 0.686. The number of hydrogen-bond acceptors (Lipinski definition) is 3. The van der Waals surface area contributed by atoms with Crippen LogP contribution in [0.5, 0.6) is 0 Å². The molecule has 2 fully saturated rings. The molecule has 102 valence electrons. The van der Waals surface area contributed by atoms with Gasteiger partial charge in [0.2, 0.25) is 5.91 Å². The van der Waals surface area contributed by atoms with Crippen LogP contribution in [0.25, 0.3) is 0 Å². The maximum atomic E-state index is 12.1. The molecule has 0 spiro atoms. The Balaban J connectivity index is 2.09. The van der Waals surface area contributed by atoms with E-state index < -0.39 is 17.4 Å². The molecule has 2 rings (SSSR count). The van der Waals surface area contributed by atoms with Crippen LogP contribution >= 0.6 is 0 Å². The van der Waals surface area contributed by atoms with Crippen molar-refractivity contribution in [3.05, 3.63) is 0 Å². The topological polar surface area (TPSA) is 78.4 Å². The van der Waals surface area contributed by atoms with E-state index in [9.17, 15) is 14.7 Å². The van der Waals surface area contributed by atoms with Crippen molar-refractivity contribution in [1.82, 2.24) is 10.6 Å². The van der Waals surface area contributed by atoms with Crippen LogP contribution < -0.4 is 10.6 Å². The molecule has 4 unspecified atom stereocenters. The highest BCUT2D eigenvalue weighted by Gasteiger charge is 2.52. The second-order valence-corrected chi connectivity index (χ2v) is 6.07.